The third kappa shape index (κ3) is 8.80. The van der Waals surface area contributed by atoms with Crippen molar-refractivity contribution in [3.8, 4) is 0 Å². The molecule has 1 aromatic carbocycles. The Hall–Kier alpha value is -3.18. The number of rotatable bonds is 13. The maximum Gasteiger partial charge on any atom is 0.475 e. The molecule has 0 fully saturated rings. The van der Waals surface area contributed by atoms with E-state index in [0.29, 0.717) is 23.4 Å². The van der Waals surface area contributed by atoms with E-state index in [1.54, 1.807) is 32.2 Å². The standard InChI is InChI=1S/C25H38BN5O5/c1-6-7-8-18-9-11-19(12-10-18)23(32)28-20(24(33)29-22(26(35)36)13-16(2)3)15-27-25(34)21-14-17(4)30-31(21)5/h9-12,14,16,20,22,35-36H,6-8,13,15H2,1-5H3,(H,27,34)(H,28,32)(H,29,33)/t20-,22-/m0/s1. The quantitative estimate of drug-likeness (QED) is 0.262. The zero-order valence-corrected chi connectivity index (χ0v) is 21.7. The van der Waals surface area contributed by atoms with E-state index in [9.17, 15) is 24.4 Å². The molecule has 0 saturated heterocycles. The normalized spacial score (nSPS) is 12.7. The SMILES string of the molecule is CCCCc1ccc(C(=O)N[C@@H](CNC(=O)c2cc(C)nn2C)C(=O)N[C@@H](CC(C)C)B(O)O)cc1. The highest BCUT2D eigenvalue weighted by Crippen LogP contribution is 2.09. The van der Waals surface area contributed by atoms with Gasteiger partial charge in [-0.15, -0.1) is 0 Å². The number of carbonyl (C=O) groups is 3. The molecular weight excluding hydrogens is 461 g/mol. The van der Waals surface area contributed by atoms with Gasteiger partial charge in [-0.25, -0.2) is 0 Å². The highest BCUT2D eigenvalue weighted by atomic mass is 16.4. The molecule has 2 atom stereocenters. The van der Waals surface area contributed by atoms with Crippen LogP contribution >= 0.6 is 0 Å². The van der Waals surface area contributed by atoms with Crippen LogP contribution in [0.25, 0.3) is 0 Å². The van der Waals surface area contributed by atoms with E-state index in [0.717, 1.165) is 24.8 Å². The van der Waals surface area contributed by atoms with Crippen molar-refractivity contribution in [1.29, 1.82) is 0 Å². The van der Waals surface area contributed by atoms with Crippen molar-refractivity contribution >= 4 is 24.8 Å². The lowest BCUT2D eigenvalue weighted by atomic mass is 9.75. The minimum Gasteiger partial charge on any atom is -0.426 e. The third-order valence-corrected chi connectivity index (χ3v) is 5.77. The van der Waals surface area contributed by atoms with E-state index < -0.39 is 36.8 Å². The number of nitrogens with zero attached hydrogens (tertiary/aromatic N) is 2. The monoisotopic (exact) mass is 499 g/mol. The lowest BCUT2D eigenvalue weighted by Crippen LogP contribution is -2.57. The second-order valence-corrected chi connectivity index (χ2v) is 9.49. The molecular formula is C25H38BN5O5. The fourth-order valence-electron chi connectivity index (χ4n) is 3.81. The molecule has 2 rings (SSSR count). The second-order valence-electron chi connectivity index (χ2n) is 9.49. The Morgan fingerprint density at radius 2 is 1.75 bits per heavy atom. The molecule has 2 aromatic rings. The van der Waals surface area contributed by atoms with Crippen molar-refractivity contribution in [2.45, 2.75) is 65.4 Å². The number of hydrogen-bond acceptors (Lipinski definition) is 6. The van der Waals surface area contributed by atoms with Gasteiger partial charge in [0.15, 0.2) is 0 Å². The molecule has 0 aliphatic heterocycles. The van der Waals surface area contributed by atoms with Crippen LogP contribution in [-0.2, 0) is 18.3 Å². The maximum absolute atomic E-state index is 13.1. The zero-order valence-electron chi connectivity index (χ0n) is 21.7. The molecule has 0 unspecified atom stereocenters. The van der Waals surface area contributed by atoms with E-state index in [4.69, 9.17) is 0 Å². The topological polar surface area (TPSA) is 146 Å². The molecule has 0 aliphatic carbocycles. The average Bonchev–Trinajstić information content (AvgIpc) is 3.17. The van der Waals surface area contributed by atoms with Gasteiger partial charge in [0.2, 0.25) is 5.91 Å². The van der Waals surface area contributed by atoms with Gasteiger partial charge in [0, 0.05) is 19.2 Å². The Morgan fingerprint density at radius 3 is 2.28 bits per heavy atom. The number of hydrogen-bond donors (Lipinski definition) is 5. The second kappa shape index (κ2) is 13.8. The highest BCUT2D eigenvalue weighted by molar-refractivity contribution is 6.43. The Labute approximate surface area is 213 Å². The van der Waals surface area contributed by atoms with E-state index in [1.165, 1.54) is 4.68 Å². The number of unbranched alkanes of at least 4 members (excludes halogenated alkanes) is 1. The van der Waals surface area contributed by atoms with Gasteiger partial charge in [0.25, 0.3) is 11.8 Å². The summed E-state index contributed by atoms with van der Waals surface area (Å²) in [5, 5.41) is 31.5. The molecule has 0 bridgehead atoms. The van der Waals surface area contributed by atoms with Gasteiger partial charge < -0.3 is 26.0 Å². The third-order valence-electron chi connectivity index (χ3n) is 5.77. The van der Waals surface area contributed by atoms with Crippen molar-refractivity contribution in [3.05, 3.63) is 52.8 Å². The van der Waals surface area contributed by atoms with Crippen LogP contribution in [0.2, 0.25) is 0 Å². The Bertz CT molecular complexity index is 1020. The number of nitrogens with one attached hydrogen (secondary N) is 3. The Kier molecular flexibility index (Phi) is 11.1. The van der Waals surface area contributed by atoms with Crippen LogP contribution in [0.4, 0.5) is 0 Å². The van der Waals surface area contributed by atoms with Gasteiger partial charge in [-0.3, -0.25) is 19.1 Å². The Morgan fingerprint density at radius 1 is 1.08 bits per heavy atom. The predicted molar refractivity (Wildman–Crippen MR) is 138 cm³/mol. The van der Waals surface area contributed by atoms with E-state index in [1.807, 2.05) is 26.0 Å². The smallest absolute Gasteiger partial charge is 0.426 e. The summed E-state index contributed by atoms with van der Waals surface area (Å²) in [6, 6.07) is 7.63. The van der Waals surface area contributed by atoms with Crippen LogP contribution < -0.4 is 16.0 Å². The lowest BCUT2D eigenvalue weighted by Gasteiger charge is -2.24. The molecule has 1 heterocycles. The predicted octanol–water partition coefficient (Wildman–Crippen LogP) is 1.14. The first-order valence-corrected chi connectivity index (χ1v) is 12.4. The number of aryl methyl sites for hydroxylation is 3. The van der Waals surface area contributed by atoms with Gasteiger partial charge in [-0.2, -0.15) is 5.10 Å². The van der Waals surface area contributed by atoms with E-state index in [-0.39, 0.29) is 12.5 Å². The molecule has 0 spiro atoms. The molecule has 196 valence electrons. The highest BCUT2D eigenvalue weighted by Gasteiger charge is 2.30. The number of aromatic nitrogens is 2. The molecule has 0 saturated carbocycles. The van der Waals surface area contributed by atoms with Gasteiger partial charge in [-0.1, -0.05) is 39.3 Å². The first-order chi connectivity index (χ1) is 17.0. The van der Waals surface area contributed by atoms with Gasteiger partial charge in [0.1, 0.15) is 11.7 Å². The van der Waals surface area contributed by atoms with Crippen molar-refractivity contribution in [1.82, 2.24) is 25.7 Å². The first-order valence-electron chi connectivity index (χ1n) is 12.4. The van der Waals surface area contributed by atoms with E-state index >= 15 is 0 Å². The van der Waals surface area contributed by atoms with Crippen LogP contribution in [0.3, 0.4) is 0 Å². The van der Waals surface area contributed by atoms with Crippen LogP contribution in [0.5, 0.6) is 0 Å². The van der Waals surface area contributed by atoms with Crippen LogP contribution in [0.15, 0.2) is 30.3 Å². The summed E-state index contributed by atoms with van der Waals surface area (Å²) in [6.07, 6.45) is 3.37. The van der Waals surface area contributed by atoms with Crippen molar-refractivity contribution in [2.75, 3.05) is 6.54 Å². The lowest BCUT2D eigenvalue weighted by molar-refractivity contribution is -0.123. The molecule has 1 aromatic heterocycles. The van der Waals surface area contributed by atoms with Crippen molar-refractivity contribution in [3.63, 3.8) is 0 Å². The fourth-order valence-corrected chi connectivity index (χ4v) is 3.81. The molecule has 10 nitrogen and oxygen atoms in total. The van der Waals surface area contributed by atoms with Crippen LogP contribution in [0.1, 0.15) is 72.1 Å². The summed E-state index contributed by atoms with van der Waals surface area (Å²) < 4.78 is 1.43. The average molecular weight is 499 g/mol. The van der Waals surface area contributed by atoms with Gasteiger partial charge in [-0.05, 0) is 55.9 Å². The summed E-state index contributed by atoms with van der Waals surface area (Å²) in [7, 11) is -0.132. The van der Waals surface area contributed by atoms with E-state index in [2.05, 4.69) is 28.0 Å². The summed E-state index contributed by atoms with van der Waals surface area (Å²) in [5.74, 6) is -2.41. The first kappa shape index (κ1) is 29.1. The number of carbonyl (C=O) groups excluding carboxylic acids is 3. The Balaban J connectivity index is 2.16. The van der Waals surface area contributed by atoms with Gasteiger partial charge >= 0.3 is 7.12 Å². The summed E-state index contributed by atoms with van der Waals surface area (Å²) >= 11 is 0. The molecule has 5 N–H and O–H groups in total. The van der Waals surface area contributed by atoms with Gasteiger partial charge in [0.05, 0.1) is 11.6 Å². The zero-order chi connectivity index (χ0) is 26.8. The van der Waals surface area contributed by atoms with Crippen LogP contribution in [0, 0.1) is 12.8 Å². The van der Waals surface area contributed by atoms with Crippen LogP contribution in [-0.4, -0.2) is 63.2 Å². The van der Waals surface area contributed by atoms with Crippen molar-refractivity contribution in [2.24, 2.45) is 13.0 Å². The summed E-state index contributed by atoms with van der Waals surface area (Å²) in [5.41, 5.74) is 2.47. The molecule has 0 aliphatic rings. The van der Waals surface area contributed by atoms with Crippen molar-refractivity contribution < 1.29 is 24.4 Å². The molecule has 3 amide bonds. The minimum atomic E-state index is -1.77. The molecule has 0 radical (unpaired) electrons. The summed E-state index contributed by atoms with van der Waals surface area (Å²) in [4.78, 5) is 38.7. The maximum atomic E-state index is 13.1. The number of amides is 3. The fraction of sp³-hybridized carbons (Fsp3) is 0.520. The minimum absolute atomic E-state index is 0.0872. The molecule has 11 heteroatoms. The largest absolute Gasteiger partial charge is 0.475 e. The number of benzene rings is 1. The summed E-state index contributed by atoms with van der Waals surface area (Å²) in [6.45, 7) is 7.45. The molecule has 36 heavy (non-hydrogen) atoms.